The summed E-state index contributed by atoms with van der Waals surface area (Å²) in [4.78, 5) is 15.8. The molecule has 98 valence electrons. The van der Waals surface area contributed by atoms with Crippen molar-refractivity contribution < 1.29 is 9.90 Å². The van der Waals surface area contributed by atoms with E-state index in [1.807, 2.05) is 25.1 Å². The Balaban J connectivity index is 1.95. The van der Waals surface area contributed by atoms with Crippen molar-refractivity contribution in [1.82, 2.24) is 10.3 Å². The number of nitrogens with one attached hydrogen (secondary N) is 1. The molecule has 1 heterocycles. The average Bonchev–Trinajstić information content (AvgIpc) is 2.39. The van der Waals surface area contributed by atoms with Crippen LogP contribution in [0.1, 0.15) is 24.1 Å². The number of carbonyl (C=O) groups is 1. The smallest absolute Gasteiger partial charge is 0.224 e. The van der Waals surface area contributed by atoms with E-state index in [4.69, 9.17) is 0 Å². The number of carbonyl (C=O) groups excluding carboxylic acids is 1. The molecule has 4 heteroatoms. The Hall–Kier alpha value is -2.36. The summed E-state index contributed by atoms with van der Waals surface area (Å²) in [7, 11) is 0. The van der Waals surface area contributed by atoms with Crippen molar-refractivity contribution in [3.8, 4) is 5.75 Å². The fourth-order valence-electron chi connectivity index (χ4n) is 1.88. The second kappa shape index (κ2) is 6.00. The van der Waals surface area contributed by atoms with Crippen LogP contribution in [0.5, 0.6) is 5.75 Å². The summed E-state index contributed by atoms with van der Waals surface area (Å²) in [6.45, 7) is 1.93. The fourth-order valence-corrected chi connectivity index (χ4v) is 1.88. The van der Waals surface area contributed by atoms with E-state index in [1.165, 1.54) is 0 Å². The lowest BCUT2D eigenvalue weighted by Gasteiger charge is -2.14. The lowest BCUT2D eigenvalue weighted by atomic mass is 10.1. The summed E-state index contributed by atoms with van der Waals surface area (Å²) in [6, 6.07) is 10.4. The van der Waals surface area contributed by atoms with Gasteiger partial charge in [-0.25, -0.2) is 0 Å². The largest absolute Gasteiger partial charge is 0.508 e. The van der Waals surface area contributed by atoms with Gasteiger partial charge in [0.05, 0.1) is 12.5 Å². The first kappa shape index (κ1) is 13.1. The van der Waals surface area contributed by atoms with E-state index in [0.717, 1.165) is 11.1 Å². The molecule has 4 nitrogen and oxygen atoms in total. The molecule has 1 amide bonds. The Bertz CT molecular complexity index is 555. The Kier molecular flexibility index (Phi) is 4.13. The third kappa shape index (κ3) is 3.81. The SMILES string of the molecule is CC(NC(=O)Cc1cccc(O)c1)c1ccncc1. The molecule has 2 rings (SSSR count). The maximum Gasteiger partial charge on any atom is 0.224 e. The number of aromatic nitrogens is 1. The van der Waals surface area contributed by atoms with Gasteiger partial charge in [-0.15, -0.1) is 0 Å². The van der Waals surface area contributed by atoms with Gasteiger partial charge in [0.25, 0.3) is 0 Å². The van der Waals surface area contributed by atoms with Crippen LogP contribution in [-0.2, 0) is 11.2 Å². The molecule has 0 aliphatic rings. The third-order valence-electron chi connectivity index (χ3n) is 2.86. The molecule has 1 unspecified atom stereocenters. The number of amides is 1. The zero-order valence-electron chi connectivity index (χ0n) is 10.7. The number of benzene rings is 1. The topological polar surface area (TPSA) is 62.2 Å². The first-order valence-corrected chi connectivity index (χ1v) is 6.12. The Morgan fingerprint density at radius 3 is 2.74 bits per heavy atom. The standard InChI is InChI=1S/C15H16N2O2/c1-11(13-5-7-16-8-6-13)17-15(19)10-12-3-2-4-14(18)9-12/h2-9,11,18H,10H2,1H3,(H,17,19). The molecule has 1 aromatic carbocycles. The van der Waals surface area contributed by atoms with Gasteiger partial charge in [0, 0.05) is 12.4 Å². The van der Waals surface area contributed by atoms with Gasteiger partial charge in [0.1, 0.15) is 5.75 Å². The van der Waals surface area contributed by atoms with Gasteiger partial charge in [-0.3, -0.25) is 9.78 Å². The fraction of sp³-hybridized carbons (Fsp3) is 0.200. The molecule has 0 saturated carbocycles. The predicted molar refractivity (Wildman–Crippen MR) is 72.6 cm³/mol. The highest BCUT2D eigenvalue weighted by molar-refractivity contribution is 5.79. The minimum Gasteiger partial charge on any atom is -0.508 e. The van der Waals surface area contributed by atoms with E-state index >= 15 is 0 Å². The van der Waals surface area contributed by atoms with Crippen LogP contribution in [-0.4, -0.2) is 16.0 Å². The highest BCUT2D eigenvalue weighted by Crippen LogP contribution is 2.13. The molecule has 2 N–H and O–H groups in total. The van der Waals surface area contributed by atoms with Crippen LogP contribution >= 0.6 is 0 Å². The van der Waals surface area contributed by atoms with Crippen LogP contribution < -0.4 is 5.32 Å². The lowest BCUT2D eigenvalue weighted by molar-refractivity contribution is -0.121. The molecule has 2 aromatic rings. The number of nitrogens with zero attached hydrogens (tertiary/aromatic N) is 1. The van der Waals surface area contributed by atoms with E-state index in [-0.39, 0.29) is 24.1 Å². The predicted octanol–water partition coefficient (Wildman–Crippen LogP) is 2.21. The molecule has 0 aliphatic carbocycles. The van der Waals surface area contributed by atoms with Gasteiger partial charge in [0.15, 0.2) is 0 Å². The van der Waals surface area contributed by atoms with Crippen molar-refractivity contribution in [2.75, 3.05) is 0 Å². The monoisotopic (exact) mass is 256 g/mol. The van der Waals surface area contributed by atoms with Gasteiger partial charge in [0.2, 0.25) is 5.91 Å². The van der Waals surface area contributed by atoms with Gasteiger partial charge in [-0.1, -0.05) is 12.1 Å². The van der Waals surface area contributed by atoms with Crippen LogP contribution in [0.2, 0.25) is 0 Å². The molecule has 1 atom stereocenters. The van der Waals surface area contributed by atoms with Crippen LogP contribution in [0.3, 0.4) is 0 Å². The van der Waals surface area contributed by atoms with E-state index in [0.29, 0.717) is 0 Å². The number of phenols is 1. The second-order valence-corrected chi connectivity index (χ2v) is 4.42. The minimum atomic E-state index is -0.0742. The quantitative estimate of drug-likeness (QED) is 0.881. The van der Waals surface area contributed by atoms with Crippen molar-refractivity contribution in [2.24, 2.45) is 0 Å². The van der Waals surface area contributed by atoms with Crippen molar-refractivity contribution >= 4 is 5.91 Å². The molecule has 19 heavy (non-hydrogen) atoms. The second-order valence-electron chi connectivity index (χ2n) is 4.42. The highest BCUT2D eigenvalue weighted by atomic mass is 16.3. The summed E-state index contributed by atoms with van der Waals surface area (Å²) in [5.41, 5.74) is 1.80. The summed E-state index contributed by atoms with van der Waals surface area (Å²) >= 11 is 0. The highest BCUT2D eigenvalue weighted by Gasteiger charge is 2.10. The molecule has 0 bridgehead atoms. The van der Waals surface area contributed by atoms with Gasteiger partial charge >= 0.3 is 0 Å². The van der Waals surface area contributed by atoms with Crippen LogP contribution in [0, 0.1) is 0 Å². The summed E-state index contributed by atoms with van der Waals surface area (Å²) in [5, 5.41) is 12.3. The van der Waals surface area contributed by atoms with Crippen LogP contribution in [0.25, 0.3) is 0 Å². The zero-order chi connectivity index (χ0) is 13.7. The summed E-state index contributed by atoms with van der Waals surface area (Å²) in [6.07, 6.45) is 3.66. The van der Waals surface area contributed by atoms with E-state index in [2.05, 4.69) is 10.3 Å². The van der Waals surface area contributed by atoms with Gasteiger partial charge in [-0.2, -0.15) is 0 Å². The number of hydrogen-bond acceptors (Lipinski definition) is 3. The zero-order valence-corrected chi connectivity index (χ0v) is 10.7. The Morgan fingerprint density at radius 1 is 1.32 bits per heavy atom. The summed E-state index contributed by atoms with van der Waals surface area (Å²) < 4.78 is 0. The first-order chi connectivity index (χ1) is 9.15. The Morgan fingerprint density at radius 2 is 2.05 bits per heavy atom. The van der Waals surface area contributed by atoms with Crippen LogP contribution in [0.4, 0.5) is 0 Å². The van der Waals surface area contributed by atoms with Crippen molar-refractivity contribution in [3.05, 3.63) is 59.9 Å². The average molecular weight is 256 g/mol. The number of pyridine rings is 1. The summed E-state index contributed by atoms with van der Waals surface area (Å²) in [5.74, 6) is 0.0994. The number of aromatic hydroxyl groups is 1. The van der Waals surface area contributed by atoms with Gasteiger partial charge in [-0.05, 0) is 42.3 Å². The van der Waals surface area contributed by atoms with Gasteiger partial charge < -0.3 is 10.4 Å². The van der Waals surface area contributed by atoms with Crippen molar-refractivity contribution in [3.63, 3.8) is 0 Å². The molecule has 0 aliphatic heterocycles. The van der Waals surface area contributed by atoms with E-state index < -0.39 is 0 Å². The maximum atomic E-state index is 11.9. The lowest BCUT2D eigenvalue weighted by Crippen LogP contribution is -2.28. The van der Waals surface area contributed by atoms with Crippen LogP contribution in [0.15, 0.2) is 48.8 Å². The molecule has 0 radical (unpaired) electrons. The first-order valence-electron chi connectivity index (χ1n) is 6.12. The van der Waals surface area contributed by atoms with E-state index in [1.54, 1.807) is 30.6 Å². The minimum absolute atomic E-state index is 0.0622. The molecule has 0 fully saturated rings. The molecule has 0 saturated heterocycles. The molecule has 1 aromatic heterocycles. The number of hydrogen-bond donors (Lipinski definition) is 2. The van der Waals surface area contributed by atoms with E-state index in [9.17, 15) is 9.90 Å². The molecule has 0 spiro atoms. The van der Waals surface area contributed by atoms with Crippen molar-refractivity contribution in [1.29, 1.82) is 0 Å². The Labute approximate surface area is 112 Å². The number of phenolic OH excluding ortho intramolecular Hbond substituents is 1. The van der Waals surface area contributed by atoms with Crippen molar-refractivity contribution in [2.45, 2.75) is 19.4 Å². The normalized spacial score (nSPS) is 11.8. The third-order valence-corrected chi connectivity index (χ3v) is 2.86. The number of rotatable bonds is 4. The molecular formula is C15H16N2O2. The molecular weight excluding hydrogens is 240 g/mol. The maximum absolute atomic E-state index is 11.9.